The number of allylic oxidation sites excluding steroid dienone is 4. The molecule has 0 radical (unpaired) electrons. The third-order valence-corrected chi connectivity index (χ3v) is 1.81. The van der Waals surface area contributed by atoms with Crippen molar-refractivity contribution in [3.05, 3.63) is 23.1 Å². The molecule has 1 rings (SSSR count). The predicted molar refractivity (Wildman–Crippen MR) is 33.3 cm³/mol. The van der Waals surface area contributed by atoms with Gasteiger partial charge in [0.05, 0.1) is 0 Å². The van der Waals surface area contributed by atoms with Crippen LogP contribution in [0.15, 0.2) is 23.1 Å². The van der Waals surface area contributed by atoms with Crippen LogP contribution in [-0.2, 0) is 0 Å². The lowest BCUT2D eigenvalue weighted by atomic mass is 9.96. The van der Waals surface area contributed by atoms with Crippen LogP contribution in [-0.4, -0.2) is 18.3 Å². The first kappa shape index (κ1) is 12.9. The molecule has 0 aliphatic heterocycles. The summed E-state index contributed by atoms with van der Waals surface area (Å²) in [5.41, 5.74) is -3.06. The van der Waals surface area contributed by atoms with Crippen LogP contribution in [0.1, 0.15) is 0 Å². The third kappa shape index (κ3) is 1.49. The lowest BCUT2D eigenvalue weighted by Crippen LogP contribution is -2.38. The summed E-state index contributed by atoms with van der Waals surface area (Å²) >= 11 is 0. The number of hydrogen-bond acceptors (Lipinski definition) is 0. The van der Waals surface area contributed by atoms with E-state index in [2.05, 4.69) is 0 Å². The van der Waals surface area contributed by atoms with Crippen molar-refractivity contribution in [2.24, 2.45) is 0 Å². The molecule has 16 heavy (non-hydrogen) atoms. The Bertz CT molecular complexity index is 375. The molecule has 0 heterocycles. The molecular formula is C7HF9. The van der Waals surface area contributed by atoms with Crippen molar-refractivity contribution in [2.75, 3.05) is 0 Å². The Morgan fingerprint density at radius 3 is 1.44 bits per heavy atom. The minimum Gasteiger partial charge on any atom is -0.205 e. The van der Waals surface area contributed by atoms with Crippen molar-refractivity contribution in [2.45, 2.75) is 18.3 Å². The molecule has 0 aromatic heterocycles. The maximum atomic E-state index is 12.6. The van der Waals surface area contributed by atoms with E-state index in [1.165, 1.54) is 0 Å². The summed E-state index contributed by atoms with van der Waals surface area (Å²) in [4.78, 5) is 0. The second-order valence-corrected chi connectivity index (χ2v) is 2.81. The molecule has 0 spiro atoms. The molecule has 0 saturated carbocycles. The van der Waals surface area contributed by atoms with Crippen molar-refractivity contribution in [3.63, 3.8) is 0 Å². The summed E-state index contributed by atoms with van der Waals surface area (Å²) in [5, 5.41) is 0. The van der Waals surface area contributed by atoms with Gasteiger partial charge in [0.15, 0.2) is 5.83 Å². The lowest BCUT2D eigenvalue weighted by Gasteiger charge is -2.27. The largest absolute Gasteiger partial charge is 0.352 e. The molecule has 0 fully saturated rings. The van der Waals surface area contributed by atoms with Gasteiger partial charge in [0.1, 0.15) is 5.57 Å². The summed E-state index contributed by atoms with van der Waals surface area (Å²) < 4.78 is 111. The van der Waals surface area contributed by atoms with Crippen LogP contribution in [0.2, 0.25) is 0 Å². The van der Waals surface area contributed by atoms with Crippen LogP contribution in [0.3, 0.4) is 0 Å². The molecule has 0 N–H and O–H groups in total. The van der Waals surface area contributed by atoms with E-state index < -0.39 is 41.3 Å². The van der Waals surface area contributed by atoms with Crippen LogP contribution >= 0.6 is 0 Å². The van der Waals surface area contributed by atoms with E-state index >= 15 is 0 Å². The van der Waals surface area contributed by atoms with Crippen LogP contribution < -0.4 is 0 Å². The fourth-order valence-electron chi connectivity index (χ4n) is 1.03. The Labute approximate surface area is 82.0 Å². The molecule has 1 aliphatic carbocycles. The molecule has 0 nitrogen and oxygen atoms in total. The highest BCUT2D eigenvalue weighted by molar-refractivity contribution is 5.42. The van der Waals surface area contributed by atoms with Gasteiger partial charge in [-0.05, 0) is 0 Å². The van der Waals surface area contributed by atoms with Crippen LogP contribution in [0.5, 0.6) is 0 Å². The zero-order valence-corrected chi connectivity index (χ0v) is 6.98. The fraction of sp³-hybridized carbons (Fsp3) is 0.429. The fourth-order valence-corrected chi connectivity index (χ4v) is 1.03. The smallest absolute Gasteiger partial charge is 0.205 e. The Balaban J connectivity index is 3.53. The van der Waals surface area contributed by atoms with Gasteiger partial charge in [-0.3, -0.25) is 0 Å². The van der Waals surface area contributed by atoms with Gasteiger partial charge in [-0.2, -0.15) is 17.6 Å². The molecule has 0 unspecified atom stereocenters. The van der Waals surface area contributed by atoms with Crippen LogP contribution in [0.25, 0.3) is 0 Å². The van der Waals surface area contributed by atoms with E-state index in [-0.39, 0.29) is 0 Å². The van der Waals surface area contributed by atoms with Gasteiger partial charge in [-0.25, -0.2) is 22.0 Å². The first-order valence-electron chi connectivity index (χ1n) is 3.55. The first-order chi connectivity index (χ1) is 7.04. The second kappa shape index (κ2) is 3.42. The van der Waals surface area contributed by atoms with Crippen molar-refractivity contribution < 1.29 is 39.5 Å². The number of rotatable bonds is 1. The first-order valence-corrected chi connectivity index (χ1v) is 3.55. The van der Waals surface area contributed by atoms with Crippen molar-refractivity contribution in [3.8, 4) is 0 Å². The summed E-state index contributed by atoms with van der Waals surface area (Å²) in [6.07, 6.45) is -4.38. The minimum absolute atomic E-state index is 3.06. The molecule has 1 aliphatic rings. The van der Waals surface area contributed by atoms with Gasteiger partial charge >= 0.3 is 11.8 Å². The molecule has 92 valence electrons. The Hall–Kier alpha value is -1.15. The maximum absolute atomic E-state index is 12.6. The van der Waals surface area contributed by atoms with Crippen LogP contribution in [0.4, 0.5) is 39.5 Å². The standard InChI is InChI=1S/C7HF9/c8-2-1(5(11)12)6(13,14)3(9)4(10)7(2,15)16/h5H. The second-order valence-electron chi connectivity index (χ2n) is 2.81. The molecule has 0 aromatic carbocycles. The molecule has 0 amide bonds. The average Bonchev–Trinajstić information content (AvgIpc) is 2.12. The Morgan fingerprint density at radius 2 is 1.06 bits per heavy atom. The van der Waals surface area contributed by atoms with Gasteiger partial charge in [0.2, 0.25) is 11.7 Å². The molecule has 0 saturated heterocycles. The predicted octanol–water partition coefficient (Wildman–Crippen LogP) is 3.91. The van der Waals surface area contributed by atoms with Gasteiger partial charge in [0.25, 0.3) is 6.43 Å². The zero-order chi connectivity index (χ0) is 12.9. The van der Waals surface area contributed by atoms with E-state index in [0.717, 1.165) is 0 Å². The SMILES string of the molecule is FC1=C(F)C(F)(F)C(C(F)F)=C(F)C1(F)F. The third-order valence-electron chi connectivity index (χ3n) is 1.81. The molecule has 9 heteroatoms. The molecular weight excluding hydrogens is 255 g/mol. The number of hydrogen-bond donors (Lipinski definition) is 0. The van der Waals surface area contributed by atoms with Crippen molar-refractivity contribution in [1.29, 1.82) is 0 Å². The topological polar surface area (TPSA) is 0 Å². The maximum Gasteiger partial charge on any atom is 0.352 e. The van der Waals surface area contributed by atoms with Crippen LogP contribution in [0, 0.1) is 0 Å². The van der Waals surface area contributed by atoms with Crippen molar-refractivity contribution >= 4 is 0 Å². The quantitative estimate of drug-likeness (QED) is 0.624. The Morgan fingerprint density at radius 1 is 0.688 bits per heavy atom. The van der Waals surface area contributed by atoms with E-state index in [1.54, 1.807) is 0 Å². The summed E-state index contributed by atoms with van der Waals surface area (Å²) in [6, 6.07) is 0. The van der Waals surface area contributed by atoms with Crippen molar-refractivity contribution in [1.82, 2.24) is 0 Å². The number of halogens is 9. The minimum atomic E-state index is -5.43. The van der Waals surface area contributed by atoms with Gasteiger partial charge < -0.3 is 0 Å². The molecule has 0 aromatic rings. The van der Waals surface area contributed by atoms with Gasteiger partial charge in [-0.1, -0.05) is 0 Å². The highest BCUT2D eigenvalue weighted by Crippen LogP contribution is 2.52. The van der Waals surface area contributed by atoms with E-state index in [0.29, 0.717) is 0 Å². The monoisotopic (exact) mass is 256 g/mol. The molecule has 0 atom stereocenters. The van der Waals surface area contributed by atoms with Gasteiger partial charge in [-0.15, -0.1) is 0 Å². The van der Waals surface area contributed by atoms with E-state index in [4.69, 9.17) is 0 Å². The summed E-state index contributed by atoms with van der Waals surface area (Å²) in [7, 11) is 0. The zero-order valence-electron chi connectivity index (χ0n) is 6.98. The normalized spacial score (nSPS) is 24.4. The van der Waals surface area contributed by atoms with E-state index in [1.807, 2.05) is 0 Å². The lowest BCUT2D eigenvalue weighted by molar-refractivity contribution is -0.0382. The van der Waals surface area contributed by atoms with Gasteiger partial charge in [0, 0.05) is 0 Å². The summed E-state index contributed by atoms with van der Waals surface area (Å²) in [6.45, 7) is 0. The highest BCUT2D eigenvalue weighted by atomic mass is 19.3. The highest BCUT2D eigenvalue weighted by Gasteiger charge is 2.61. The number of alkyl halides is 6. The average molecular weight is 256 g/mol. The summed E-state index contributed by atoms with van der Waals surface area (Å²) in [5.74, 6) is -21.0. The Kier molecular flexibility index (Phi) is 2.76. The van der Waals surface area contributed by atoms with E-state index in [9.17, 15) is 39.5 Å². The molecule has 0 bridgehead atoms.